The molecule has 0 aromatic rings. The molecule has 1 unspecified atom stereocenters. The number of urea groups is 1. The molecular formula is C12H22N2O4. The van der Waals surface area contributed by atoms with Crippen LogP contribution in [0, 0.1) is 5.92 Å². The molecule has 0 heterocycles. The number of carbonyl (C=O) groups is 2. The van der Waals surface area contributed by atoms with Crippen LogP contribution >= 0.6 is 0 Å². The summed E-state index contributed by atoms with van der Waals surface area (Å²) in [7, 11) is 1.31. The number of ether oxygens (including phenoxy) is 1. The van der Waals surface area contributed by atoms with Crippen LogP contribution in [0.15, 0.2) is 0 Å². The highest BCUT2D eigenvalue weighted by atomic mass is 16.5. The van der Waals surface area contributed by atoms with Gasteiger partial charge in [-0.1, -0.05) is 6.92 Å². The van der Waals surface area contributed by atoms with E-state index >= 15 is 0 Å². The van der Waals surface area contributed by atoms with Crippen molar-refractivity contribution in [1.82, 2.24) is 10.6 Å². The molecule has 104 valence electrons. The van der Waals surface area contributed by atoms with Gasteiger partial charge in [-0.15, -0.1) is 0 Å². The van der Waals surface area contributed by atoms with E-state index in [1.165, 1.54) is 7.11 Å². The maximum Gasteiger partial charge on any atom is 0.334 e. The number of amides is 2. The zero-order chi connectivity index (χ0) is 13.5. The van der Waals surface area contributed by atoms with E-state index < -0.39 is 12.1 Å². The third kappa shape index (κ3) is 4.91. The maximum atomic E-state index is 11.6. The normalized spacial score (nSPS) is 25.2. The van der Waals surface area contributed by atoms with Crippen molar-refractivity contribution >= 4 is 12.0 Å². The van der Waals surface area contributed by atoms with Crippen molar-refractivity contribution in [3.8, 4) is 0 Å². The van der Waals surface area contributed by atoms with Gasteiger partial charge in [0.05, 0.1) is 6.54 Å². The summed E-state index contributed by atoms with van der Waals surface area (Å²) < 4.78 is 4.72. The molecule has 2 amide bonds. The summed E-state index contributed by atoms with van der Waals surface area (Å²) in [6, 6.07) is -0.120. The standard InChI is InChI=1S/C12H22N2O4/c1-8-3-5-9(6-4-8)14-12(17)13-7-10(18-2)11(15)16/h8-10H,3-7H2,1-2H3,(H,15,16)(H2,13,14,17). The number of rotatable bonds is 5. The Morgan fingerprint density at radius 1 is 1.33 bits per heavy atom. The summed E-state index contributed by atoms with van der Waals surface area (Å²) in [6.45, 7) is 2.19. The van der Waals surface area contributed by atoms with Gasteiger partial charge < -0.3 is 20.5 Å². The molecule has 1 atom stereocenters. The Kier molecular flexibility index (Phi) is 5.91. The Labute approximate surface area is 107 Å². The smallest absolute Gasteiger partial charge is 0.334 e. The van der Waals surface area contributed by atoms with Crippen LogP contribution in [0.4, 0.5) is 4.79 Å². The molecule has 6 heteroatoms. The van der Waals surface area contributed by atoms with Gasteiger partial charge >= 0.3 is 12.0 Å². The first-order valence-electron chi connectivity index (χ1n) is 6.33. The molecule has 1 aliphatic carbocycles. The Hall–Kier alpha value is -1.30. The van der Waals surface area contributed by atoms with Crippen LogP contribution in [-0.4, -0.2) is 42.9 Å². The summed E-state index contributed by atoms with van der Waals surface area (Å²) in [5.74, 6) is -0.347. The van der Waals surface area contributed by atoms with Gasteiger partial charge in [0.15, 0.2) is 6.10 Å². The van der Waals surface area contributed by atoms with E-state index in [-0.39, 0.29) is 18.6 Å². The number of carboxylic acid groups (broad SMARTS) is 1. The molecule has 0 radical (unpaired) electrons. The maximum absolute atomic E-state index is 11.6. The van der Waals surface area contributed by atoms with Crippen LogP contribution in [-0.2, 0) is 9.53 Å². The highest BCUT2D eigenvalue weighted by Gasteiger charge is 2.21. The van der Waals surface area contributed by atoms with Crippen LogP contribution in [0.1, 0.15) is 32.6 Å². The largest absolute Gasteiger partial charge is 0.479 e. The lowest BCUT2D eigenvalue weighted by Gasteiger charge is -2.27. The average Bonchev–Trinajstić information content (AvgIpc) is 2.32. The molecule has 1 rings (SSSR count). The van der Waals surface area contributed by atoms with E-state index in [1.807, 2.05) is 0 Å². The van der Waals surface area contributed by atoms with Gasteiger partial charge in [0.2, 0.25) is 0 Å². The molecule has 3 N–H and O–H groups in total. The average molecular weight is 258 g/mol. The molecule has 6 nitrogen and oxygen atoms in total. The predicted octanol–water partition coefficient (Wildman–Crippen LogP) is 0.964. The van der Waals surface area contributed by atoms with Crippen molar-refractivity contribution in [3.63, 3.8) is 0 Å². The van der Waals surface area contributed by atoms with Gasteiger partial charge in [-0.2, -0.15) is 0 Å². The Morgan fingerprint density at radius 3 is 2.44 bits per heavy atom. The number of hydrogen-bond acceptors (Lipinski definition) is 3. The van der Waals surface area contributed by atoms with Crippen molar-refractivity contribution in [3.05, 3.63) is 0 Å². The lowest BCUT2D eigenvalue weighted by Crippen LogP contribution is -2.47. The van der Waals surface area contributed by atoms with Crippen molar-refractivity contribution in [1.29, 1.82) is 0 Å². The summed E-state index contributed by atoms with van der Waals surface area (Å²) in [5, 5.41) is 14.1. The summed E-state index contributed by atoms with van der Waals surface area (Å²) in [6.07, 6.45) is 3.23. The van der Waals surface area contributed by atoms with Crippen LogP contribution in [0.25, 0.3) is 0 Å². The molecule has 0 aromatic heterocycles. The van der Waals surface area contributed by atoms with E-state index in [1.54, 1.807) is 0 Å². The third-order valence-corrected chi connectivity index (χ3v) is 3.36. The highest BCUT2D eigenvalue weighted by Crippen LogP contribution is 2.23. The van der Waals surface area contributed by atoms with Gasteiger partial charge in [-0.25, -0.2) is 9.59 Å². The number of nitrogens with one attached hydrogen (secondary N) is 2. The molecule has 0 aromatic carbocycles. The first-order valence-corrected chi connectivity index (χ1v) is 6.33. The van der Waals surface area contributed by atoms with Gasteiger partial charge in [-0.05, 0) is 31.6 Å². The minimum Gasteiger partial charge on any atom is -0.479 e. The summed E-state index contributed by atoms with van der Waals surface area (Å²) in [5.41, 5.74) is 0. The molecule has 0 saturated heterocycles. The number of aliphatic carboxylic acids is 1. The van der Waals surface area contributed by atoms with E-state index in [9.17, 15) is 9.59 Å². The van der Waals surface area contributed by atoms with E-state index in [0.29, 0.717) is 0 Å². The minimum atomic E-state index is -1.08. The topological polar surface area (TPSA) is 87.7 Å². The molecule has 1 saturated carbocycles. The number of methoxy groups -OCH3 is 1. The number of carboxylic acids is 1. The van der Waals surface area contributed by atoms with Gasteiger partial charge in [0, 0.05) is 13.2 Å². The number of carbonyl (C=O) groups excluding carboxylic acids is 1. The van der Waals surface area contributed by atoms with Crippen molar-refractivity contribution < 1.29 is 19.4 Å². The molecular weight excluding hydrogens is 236 g/mol. The second-order valence-electron chi connectivity index (χ2n) is 4.87. The van der Waals surface area contributed by atoms with Crippen LogP contribution in [0.2, 0.25) is 0 Å². The second-order valence-corrected chi connectivity index (χ2v) is 4.87. The molecule has 0 bridgehead atoms. The Morgan fingerprint density at radius 2 is 1.94 bits per heavy atom. The van der Waals surface area contributed by atoms with Gasteiger partial charge in [0.1, 0.15) is 0 Å². The SMILES string of the molecule is COC(CNC(=O)NC1CCC(C)CC1)C(=O)O. The first-order chi connectivity index (χ1) is 8.52. The van der Waals surface area contributed by atoms with Crippen molar-refractivity contribution in [2.45, 2.75) is 44.8 Å². The van der Waals surface area contributed by atoms with E-state index in [4.69, 9.17) is 9.84 Å². The third-order valence-electron chi connectivity index (χ3n) is 3.36. The quantitative estimate of drug-likeness (QED) is 0.685. The molecule has 1 fully saturated rings. The van der Waals surface area contributed by atoms with E-state index in [0.717, 1.165) is 31.6 Å². The zero-order valence-electron chi connectivity index (χ0n) is 10.9. The fraction of sp³-hybridized carbons (Fsp3) is 0.833. The fourth-order valence-electron chi connectivity index (χ4n) is 2.10. The summed E-state index contributed by atoms with van der Waals surface area (Å²) in [4.78, 5) is 22.2. The first kappa shape index (κ1) is 14.8. The van der Waals surface area contributed by atoms with Crippen LogP contribution in [0.5, 0.6) is 0 Å². The molecule has 0 spiro atoms. The molecule has 0 aliphatic heterocycles. The van der Waals surface area contributed by atoms with Crippen molar-refractivity contribution in [2.75, 3.05) is 13.7 Å². The monoisotopic (exact) mass is 258 g/mol. The fourth-order valence-corrected chi connectivity index (χ4v) is 2.10. The van der Waals surface area contributed by atoms with Crippen molar-refractivity contribution in [2.24, 2.45) is 5.92 Å². The minimum absolute atomic E-state index is 0.0270. The second kappa shape index (κ2) is 7.20. The Bertz CT molecular complexity index is 288. The number of hydrogen-bond donors (Lipinski definition) is 3. The lowest BCUT2D eigenvalue weighted by molar-refractivity contribution is -0.147. The molecule has 1 aliphatic rings. The van der Waals surface area contributed by atoms with E-state index in [2.05, 4.69) is 17.6 Å². The van der Waals surface area contributed by atoms with Gasteiger partial charge in [0.25, 0.3) is 0 Å². The van der Waals surface area contributed by atoms with Crippen LogP contribution < -0.4 is 10.6 Å². The van der Waals surface area contributed by atoms with Crippen LogP contribution in [0.3, 0.4) is 0 Å². The molecule has 18 heavy (non-hydrogen) atoms. The summed E-state index contributed by atoms with van der Waals surface area (Å²) >= 11 is 0. The Balaban J connectivity index is 2.23. The lowest BCUT2D eigenvalue weighted by atomic mass is 9.87. The highest BCUT2D eigenvalue weighted by molar-refractivity contribution is 5.77. The van der Waals surface area contributed by atoms with Gasteiger partial charge in [-0.3, -0.25) is 0 Å². The predicted molar refractivity (Wildman–Crippen MR) is 66.4 cm³/mol. The zero-order valence-corrected chi connectivity index (χ0v) is 10.9.